The molecule has 6 heteroatoms. The van der Waals surface area contributed by atoms with Crippen LogP contribution in [0.3, 0.4) is 0 Å². The van der Waals surface area contributed by atoms with Gasteiger partial charge in [0.25, 0.3) is 5.91 Å². The van der Waals surface area contributed by atoms with Crippen molar-refractivity contribution in [2.24, 2.45) is 5.92 Å². The van der Waals surface area contributed by atoms with E-state index in [1.807, 2.05) is 72.8 Å². The number of imide groups is 1. The van der Waals surface area contributed by atoms with Gasteiger partial charge in [-0.2, -0.15) is 0 Å². The lowest BCUT2D eigenvalue weighted by Crippen LogP contribution is -2.37. The zero-order chi connectivity index (χ0) is 20.7. The van der Waals surface area contributed by atoms with Gasteiger partial charge in [0.05, 0.1) is 24.5 Å². The van der Waals surface area contributed by atoms with E-state index in [0.717, 1.165) is 17.0 Å². The molecule has 3 aromatic rings. The molecule has 5 rings (SSSR count). The number of methoxy groups -OCH3 is 1. The number of para-hydroxylation sites is 2. The fourth-order valence-corrected chi connectivity index (χ4v) is 4.18. The van der Waals surface area contributed by atoms with Crippen LogP contribution < -0.4 is 14.7 Å². The normalized spacial score (nSPS) is 23.0. The van der Waals surface area contributed by atoms with E-state index in [1.54, 1.807) is 24.3 Å². The van der Waals surface area contributed by atoms with Crippen molar-refractivity contribution in [3.05, 3.63) is 90.5 Å². The predicted octanol–water partition coefficient (Wildman–Crippen LogP) is 3.75. The summed E-state index contributed by atoms with van der Waals surface area (Å²) in [5.41, 5.74) is 2.23. The molecule has 0 saturated carbocycles. The first-order valence-electron chi connectivity index (χ1n) is 9.77. The van der Waals surface area contributed by atoms with E-state index in [0.29, 0.717) is 5.69 Å². The highest BCUT2D eigenvalue weighted by Crippen LogP contribution is 2.47. The van der Waals surface area contributed by atoms with Gasteiger partial charge in [-0.3, -0.25) is 14.4 Å². The summed E-state index contributed by atoms with van der Waals surface area (Å²) in [6, 6.07) is 25.6. The van der Waals surface area contributed by atoms with Crippen LogP contribution in [0.2, 0.25) is 0 Å². The van der Waals surface area contributed by atoms with E-state index in [4.69, 9.17) is 9.57 Å². The molecule has 2 fully saturated rings. The van der Waals surface area contributed by atoms with Gasteiger partial charge in [-0.15, -0.1) is 0 Å². The lowest BCUT2D eigenvalue weighted by atomic mass is 9.90. The van der Waals surface area contributed by atoms with Gasteiger partial charge in [-0.1, -0.05) is 48.5 Å². The number of hydrogen-bond acceptors (Lipinski definition) is 5. The van der Waals surface area contributed by atoms with Crippen molar-refractivity contribution in [1.29, 1.82) is 0 Å². The monoisotopic (exact) mass is 400 g/mol. The maximum atomic E-state index is 13.5. The van der Waals surface area contributed by atoms with Gasteiger partial charge in [-0.05, 0) is 42.0 Å². The standard InChI is InChI=1S/C24H20N2O4/c1-29-19-14-12-16(13-15-19)21-20-22(30-26(21)18-10-6-3-7-11-18)24(28)25(23(20)27)17-8-4-2-5-9-17/h2-15,20-22H,1H3/t20-,21-,22+/m1/s1. The summed E-state index contributed by atoms with van der Waals surface area (Å²) in [6.45, 7) is 0. The average Bonchev–Trinajstić information content (AvgIpc) is 3.31. The third kappa shape index (κ3) is 2.84. The van der Waals surface area contributed by atoms with Crippen LogP contribution in [0.4, 0.5) is 11.4 Å². The molecule has 0 aliphatic carbocycles. The fraction of sp³-hybridized carbons (Fsp3) is 0.167. The quantitative estimate of drug-likeness (QED) is 0.625. The summed E-state index contributed by atoms with van der Waals surface area (Å²) in [5.74, 6) is -0.518. The Labute approximate surface area is 174 Å². The lowest BCUT2D eigenvalue weighted by molar-refractivity contribution is -0.126. The molecular formula is C24H20N2O4. The molecule has 2 aliphatic heterocycles. The zero-order valence-electron chi connectivity index (χ0n) is 16.3. The van der Waals surface area contributed by atoms with Crippen LogP contribution in [0.1, 0.15) is 11.6 Å². The van der Waals surface area contributed by atoms with Crippen molar-refractivity contribution in [1.82, 2.24) is 0 Å². The third-order valence-corrected chi connectivity index (χ3v) is 5.60. The minimum absolute atomic E-state index is 0.254. The minimum atomic E-state index is -0.870. The minimum Gasteiger partial charge on any atom is -0.497 e. The second-order valence-corrected chi connectivity index (χ2v) is 7.28. The van der Waals surface area contributed by atoms with Gasteiger partial charge in [0, 0.05) is 0 Å². The molecule has 2 saturated heterocycles. The number of hydroxylamine groups is 1. The van der Waals surface area contributed by atoms with Crippen LogP contribution in [-0.4, -0.2) is 25.0 Å². The number of amides is 2. The van der Waals surface area contributed by atoms with Gasteiger partial charge in [-0.25, -0.2) is 9.96 Å². The molecule has 6 nitrogen and oxygen atoms in total. The maximum absolute atomic E-state index is 13.5. The number of ether oxygens (including phenoxy) is 1. The zero-order valence-corrected chi connectivity index (χ0v) is 16.3. The fourth-order valence-electron chi connectivity index (χ4n) is 4.18. The Hall–Kier alpha value is -3.64. The Kier molecular flexibility index (Phi) is 4.48. The molecule has 0 unspecified atom stereocenters. The molecule has 0 spiro atoms. The Balaban J connectivity index is 1.58. The van der Waals surface area contributed by atoms with E-state index in [9.17, 15) is 9.59 Å². The summed E-state index contributed by atoms with van der Waals surface area (Å²) in [6.07, 6.45) is -0.870. The summed E-state index contributed by atoms with van der Waals surface area (Å²) in [7, 11) is 1.61. The highest BCUT2D eigenvalue weighted by Gasteiger charge is 2.60. The molecule has 0 radical (unpaired) electrons. The molecule has 30 heavy (non-hydrogen) atoms. The highest BCUT2D eigenvalue weighted by molar-refractivity contribution is 6.23. The SMILES string of the molecule is COc1ccc([C@@H]2[C@H]3C(=O)N(c4ccccc4)C(=O)[C@H]3ON2c2ccccc2)cc1. The van der Waals surface area contributed by atoms with Crippen LogP contribution >= 0.6 is 0 Å². The Bertz CT molecular complexity index is 1070. The number of nitrogens with zero attached hydrogens (tertiary/aromatic N) is 2. The number of carbonyl (C=O) groups excluding carboxylic acids is 2. The molecule has 0 N–H and O–H groups in total. The van der Waals surface area contributed by atoms with Crippen molar-refractivity contribution >= 4 is 23.2 Å². The Morgan fingerprint density at radius 1 is 0.767 bits per heavy atom. The molecule has 0 aromatic heterocycles. The number of rotatable bonds is 4. The van der Waals surface area contributed by atoms with Crippen LogP contribution in [0.25, 0.3) is 0 Å². The topological polar surface area (TPSA) is 59.1 Å². The van der Waals surface area contributed by atoms with Crippen LogP contribution in [-0.2, 0) is 14.4 Å². The number of fused-ring (bicyclic) bond motifs is 1. The summed E-state index contributed by atoms with van der Waals surface area (Å²) in [4.78, 5) is 34.0. The smallest absolute Gasteiger partial charge is 0.266 e. The third-order valence-electron chi connectivity index (χ3n) is 5.60. The Morgan fingerprint density at radius 3 is 1.97 bits per heavy atom. The van der Waals surface area contributed by atoms with Gasteiger partial charge in [0.2, 0.25) is 5.91 Å². The van der Waals surface area contributed by atoms with Crippen LogP contribution in [0.5, 0.6) is 5.75 Å². The van der Waals surface area contributed by atoms with Gasteiger partial charge in [0.15, 0.2) is 6.10 Å². The largest absolute Gasteiger partial charge is 0.497 e. The molecule has 150 valence electrons. The second kappa shape index (κ2) is 7.31. The first-order chi connectivity index (χ1) is 14.7. The summed E-state index contributed by atoms with van der Waals surface area (Å²) in [5, 5.41) is 1.69. The number of anilines is 2. The highest BCUT2D eigenvalue weighted by atomic mass is 16.7. The Morgan fingerprint density at radius 2 is 1.37 bits per heavy atom. The second-order valence-electron chi connectivity index (χ2n) is 7.28. The maximum Gasteiger partial charge on any atom is 0.266 e. The molecule has 3 aromatic carbocycles. The van der Waals surface area contributed by atoms with E-state index < -0.39 is 18.1 Å². The van der Waals surface area contributed by atoms with Crippen LogP contribution in [0, 0.1) is 5.92 Å². The molecule has 2 amide bonds. The number of carbonyl (C=O) groups is 2. The predicted molar refractivity (Wildman–Crippen MR) is 112 cm³/mol. The van der Waals surface area contributed by atoms with Crippen molar-refractivity contribution in [3.63, 3.8) is 0 Å². The van der Waals surface area contributed by atoms with Crippen molar-refractivity contribution in [2.75, 3.05) is 17.1 Å². The number of hydrogen-bond donors (Lipinski definition) is 0. The first kappa shape index (κ1) is 18.4. The van der Waals surface area contributed by atoms with Gasteiger partial charge >= 0.3 is 0 Å². The first-order valence-corrected chi connectivity index (χ1v) is 9.77. The van der Waals surface area contributed by atoms with Gasteiger partial charge < -0.3 is 4.74 Å². The van der Waals surface area contributed by atoms with E-state index in [2.05, 4.69) is 0 Å². The molecule has 2 heterocycles. The van der Waals surface area contributed by atoms with E-state index in [1.165, 1.54) is 4.90 Å². The molecule has 2 aliphatic rings. The molecule has 0 bridgehead atoms. The molecule has 3 atom stereocenters. The lowest BCUT2D eigenvalue weighted by Gasteiger charge is -2.28. The number of benzene rings is 3. The van der Waals surface area contributed by atoms with E-state index in [-0.39, 0.29) is 11.8 Å². The summed E-state index contributed by atoms with van der Waals surface area (Å²) >= 11 is 0. The van der Waals surface area contributed by atoms with Crippen LogP contribution in [0.15, 0.2) is 84.9 Å². The van der Waals surface area contributed by atoms with E-state index >= 15 is 0 Å². The van der Waals surface area contributed by atoms with Crippen molar-refractivity contribution in [2.45, 2.75) is 12.1 Å². The average molecular weight is 400 g/mol. The van der Waals surface area contributed by atoms with Crippen molar-refractivity contribution < 1.29 is 19.2 Å². The van der Waals surface area contributed by atoms with Crippen molar-refractivity contribution in [3.8, 4) is 5.75 Å². The summed E-state index contributed by atoms with van der Waals surface area (Å²) < 4.78 is 5.27. The van der Waals surface area contributed by atoms with Gasteiger partial charge in [0.1, 0.15) is 11.7 Å². The molecular weight excluding hydrogens is 380 g/mol.